The van der Waals surface area contributed by atoms with Crippen LogP contribution in [0.25, 0.3) is 0 Å². The van der Waals surface area contributed by atoms with Crippen LogP contribution >= 0.6 is 0 Å². The van der Waals surface area contributed by atoms with E-state index in [2.05, 4.69) is 15.3 Å². The van der Waals surface area contributed by atoms with E-state index in [1.54, 1.807) is 20.8 Å². The number of aromatic nitrogens is 2. The first-order valence-electron chi connectivity index (χ1n) is 4.87. The van der Waals surface area contributed by atoms with Crippen molar-refractivity contribution >= 4 is 6.09 Å². The molecule has 0 unspecified atom stereocenters. The van der Waals surface area contributed by atoms with Crippen LogP contribution in [0.3, 0.4) is 0 Å². The van der Waals surface area contributed by atoms with Crippen molar-refractivity contribution in [3.05, 3.63) is 28.4 Å². The lowest BCUT2D eigenvalue weighted by Crippen LogP contribution is -2.32. The minimum Gasteiger partial charge on any atom is -0.444 e. The summed E-state index contributed by atoms with van der Waals surface area (Å²) < 4.78 is 5.03. The Bertz CT molecular complexity index is 420. The zero-order valence-electron chi connectivity index (χ0n) is 9.53. The molecule has 0 spiro atoms. The molecule has 0 radical (unpaired) electrons. The summed E-state index contributed by atoms with van der Waals surface area (Å²) in [5, 5.41) is 2.51. The van der Waals surface area contributed by atoms with Gasteiger partial charge in [-0.1, -0.05) is 0 Å². The van der Waals surface area contributed by atoms with Crippen LogP contribution in [0.5, 0.6) is 0 Å². The minimum absolute atomic E-state index is 0.179. The monoisotopic (exact) mass is 225 g/mol. The molecule has 1 rings (SSSR count). The summed E-state index contributed by atoms with van der Waals surface area (Å²) in [4.78, 5) is 28.4. The first-order valence-corrected chi connectivity index (χ1v) is 4.87. The van der Waals surface area contributed by atoms with E-state index in [1.165, 1.54) is 6.20 Å². The summed E-state index contributed by atoms with van der Waals surface area (Å²) in [5.74, 6) is 0. The van der Waals surface area contributed by atoms with Crippen LogP contribution < -0.4 is 10.9 Å². The molecule has 1 amide bonds. The normalized spacial score (nSPS) is 10.9. The molecular weight excluding hydrogens is 210 g/mol. The van der Waals surface area contributed by atoms with Crippen LogP contribution in [-0.4, -0.2) is 21.7 Å². The summed E-state index contributed by atoms with van der Waals surface area (Å²) >= 11 is 0. The SMILES string of the molecule is CC(C)(C)OC(=O)NCc1cncc(=O)[nH]1. The van der Waals surface area contributed by atoms with Crippen molar-refractivity contribution in [3.63, 3.8) is 0 Å². The number of H-pyrrole nitrogens is 1. The molecule has 0 aliphatic heterocycles. The Kier molecular flexibility index (Phi) is 3.65. The van der Waals surface area contributed by atoms with Gasteiger partial charge in [0, 0.05) is 6.20 Å². The largest absolute Gasteiger partial charge is 0.444 e. The number of alkyl carbamates (subject to hydrolysis) is 1. The third-order valence-electron chi connectivity index (χ3n) is 1.53. The summed E-state index contributed by atoms with van der Waals surface area (Å²) in [6, 6.07) is 0. The average Bonchev–Trinajstić information content (AvgIpc) is 2.12. The second kappa shape index (κ2) is 4.78. The molecule has 16 heavy (non-hydrogen) atoms. The van der Waals surface area contributed by atoms with Crippen molar-refractivity contribution in [2.24, 2.45) is 0 Å². The van der Waals surface area contributed by atoms with Crippen molar-refractivity contribution in [2.75, 3.05) is 0 Å². The quantitative estimate of drug-likeness (QED) is 0.779. The van der Waals surface area contributed by atoms with Crippen molar-refractivity contribution in [1.29, 1.82) is 0 Å². The Hall–Kier alpha value is -1.85. The molecule has 88 valence electrons. The van der Waals surface area contributed by atoms with Gasteiger partial charge in [-0.05, 0) is 20.8 Å². The van der Waals surface area contributed by atoms with E-state index in [4.69, 9.17) is 4.74 Å². The number of amides is 1. The van der Waals surface area contributed by atoms with Crippen LogP contribution in [-0.2, 0) is 11.3 Å². The Morgan fingerprint density at radius 3 is 2.75 bits per heavy atom. The molecule has 2 N–H and O–H groups in total. The van der Waals surface area contributed by atoms with Crippen LogP contribution in [0, 0.1) is 0 Å². The third kappa shape index (κ3) is 4.59. The van der Waals surface area contributed by atoms with Crippen LogP contribution in [0.15, 0.2) is 17.2 Å². The highest BCUT2D eigenvalue weighted by atomic mass is 16.6. The molecule has 0 bridgehead atoms. The average molecular weight is 225 g/mol. The number of nitrogens with zero attached hydrogens (tertiary/aromatic N) is 1. The van der Waals surface area contributed by atoms with E-state index in [0.717, 1.165) is 6.20 Å². The third-order valence-corrected chi connectivity index (χ3v) is 1.53. The van der Waals surface area contributed by atoms with Gasteiger partial charge >= 0.3 is 6.09 Å². The molecule has 6 heteroatoms. The fourth-order valence-electron chi connectivity index (χ4n) is 0.989. The van der Waals surface area contributed by atoms with Gasteiger partial charge in [0.15, 0.2) is 0 Å². The Morgan fingerprint density at radius 1 is 1.50 bits per heavy atom. The van der Waals surface area contributed by atoms with Gasteiger partial charge in [-0.25, -0.2) is 4.79 Å². The van der Waals surface area contributed by atoms with Crippen molar-refractivity contribution in [1.82, 2.24) is 15.3 Å². The number of ether oxygens (including phenoxy) is 1. The van der Waals surface area contributed by atoms with Crippen molar-refractivity contribution < 1.29 is 9.53 Å². The lowest BCUT2D eigenvalue weighted by molar-refractivity contribution is 0.0523. The summed E-state index contributed by atoms with van der Waals surface area (Å²) in [6.07, 6.45) is 2.10. The molecule has 0 aliphatic rings. The second-order valence-corrected chi connectivity index (χ2v) is 4.28. The zero-order valence-corrected chi connectivity index (χ0v) is 9.53. The summed E-state index contributed by atoms with van der Waals surface area (Å²) in [6.45, 7) is 5.51. The Balaban J connectivity index is 2.46. The number of carbonyl (C=O) groups excluding carboxylic acids is 1. The molecule has 1 heterocycles. The molecule has 1 aromatic rings. The van der Waals surface area contributed by atoms with Gasteiger partial charge in [-0.15, -0.1) is 0 Å². The summed E-state index contributed by atoms with van der Waals surface area (Å²) in [7, 11) is 0. The number of aromatic amines is 1. The van der Waals surface area contributed by atoms with Gasteiger partial charge in [-0.3, -0.25) is 9.78 Å². The second-order valence-electron chi connectivity index (χ2n) is 4.28. The van der Waals surface area contributed by atoms with E-state index in [9.17, 15) is 9.59 Å². The zero-order chi connectivity index (χ0) is 12.2. The van der Waals surface area contributed by atoms with Gasteiger partial charge in [-0.2, -0.15) is 0 Å². The molecule has 0 aromatic carbocycles. The van der Waals surface area contributed by atoms with Gasteiger partial charge in [0.2, 0.25) is 0 Å². The molecule has 1 aromatic heterocycles. The maximum atomic E-state index is 11.3. The van der Waals surface area contributed by atoms with Gasteiger partial charge in [0.05, 0.1) is 18.4 Å². The lowest BCUT2D eigenvalue weighted by atomic mass is 10.2. The maximum Gasteiger partial charge on any atom is 0.407 e. The smallest absolute Gasteiger partial charge is 0.407 e. The number of hydrogen-bond donors (Lipinski definition) is 2. The van der Waals surface area contributed by atoms with E-state index >= 15 is 0 Å². The highest BCUT2D eigenvalue weighted by Gasteiger charge is 2.15. The first-order chi connectivity index (χ1) is 7.37. The molecular formula is C10H15N3O3. The number of carbonyl (C=O) groups is 1. The van der Waals surface area contributed by atoms with E-state index in [0.29, 0.717) is 5.69 Å². The number of hydrogen-bond acceptors (Lipinski definition) is 4. The Labute approximate surface area is 93.0 Å². The number of rotatable bonds is 2. The molecule has 0 atom stereocenters. The van der Waals surface area contributed by atoms with E-state index in [-0.39, 0.29) is 12.1 Å². The molecule has 0 saturated carbocycles. The highest BCUT2D eigenvalue weighted by molar-refractivity contribution is 5.67. The van der Waals surface area contributed by atoms with Crippen LogP contribution in [0.1, 0.15) is 26.5 Å². The Morgan fingerprint density at radius 2 is 2.19 bits per heavy atom. The van der Waals surface area contributed by atoms with Crippen LogP contribution in [0.4, 0.5) is 4.79 Å². The molecule has 0 fully saturated rings. The minimum atomic E-state index is -0.535. The van der Waals surface area contributed by atoms with E-state index < -0.39 is 11.7 Å². The standard InChI is InChI=1S/C10H15N3O3/c1-10(2,3)16-9(15)12-5-7-4-11-6-8(14)13-7/h4,6H,5H2,1-3H3,(H,12,15)(H,13,14). The lowest BCUT2D eigenvalue weighted by Gasteiger charge is -2.19. The molecule has 6 nitrogen and oxygen atoms in total. The maximum absolute atomic E-state index is 11.3. The van der Waals surface area contributed by atoms with Gasteiger partial charge < -0.3 is 15.0 Å². The molecule has 0 saturated heterocycles. The number of nitrogens with one attached hydrogen (secondary N) is 2. The predicted molar refractivity (Wildman–Crippen MR) is 57.9 cm³/mol. The molecule has 0 aliphatic carbocycles. The highest BCUT2D eigenvalue weighted by Crippen LogP contribution is 2.06. The van der Waals surface area contributed by atoms with Gasteiger partial charge in [0.1, 0.15) is 5.60 Å². The van der Waals surface area contributed by atoms with E-state index in [1.807, 2.05) is 0 Å². The fraction of sp³-hybridized carbons (Fsp3) is 0.500. The fourth-order valence-corrected chi connectivity index (χ4v) is 0.989. The first kappa shape index (κ1) is 12.2. The predicted octanol–water partition coefficient (Wildman–Crippen LogP) is 0.795. The van der Waals surface area contributed by atoms with Gasteiger partial charge in [0.25, 0.3) is 5.56 Å². The topological polar surface area (TPSA) is 84.1 Å². The van der Waals surface area contributed by atoms with Crippen molar-refractivity contribution in [2.45, 2.75) is 32.9 Å². The summed E-state index contributed by atoms with van der Waals surface area (Å²) in [5.41, 5.74) is -0.311. The van der Waals surface area contributed by atoms with Crippen LogP contribution in [0.2, 0.25) is 0 Å². The van der Waals surface area contributed by atoms with Crippen molar-refractivity contribution in [3.8, 4) is 0 Å².